The van der Waals surface area contributed by atoms with Crippen LogP contribution in [-0.4, -0.2) is 19.5 Å². The molecule has 7 heteroatoms. The van der Waals surface area contributed by atoms with Gasteiger partial charge in [-0.25, -0.2) is 4.98 Å². The number of halogens is 1. The van der Waals surface area contributed by atoms with E-state index in [1.54, 1.807) is 4.57 Å². The van der Waals surface area contributed by atoms with Crippen molar-refractivity contribution in [3.63, 3.8) is 0 Å². The maximum atomic E-state index is 11.6. The molecule has 0 aliphatic heterocycles. The molecular weight excluding hydrogens is 254 g/mol. The van der Waals surface area contributed by atoms with Gasteiger partial charge in [-0.2, -0.15) is 4.98 Å². The van der Waals surface area contributed by atoms with Gasteiger partial charge < -0.3 is 5.73 Å². The van der Waals surface area contributed by atoms with E-state index in [4.69, 9.17) is 17.3 Å². The van der Waals surface area contributed by atoms with Crippen LogP contribution in [-0.2, 0) is 6.54 Å². The van der Waals surface area contributed by atoms with E-state index in [0.717, 1.165) is 12.8 Å². The molecule has 0 radical (unpaired) electrons. The molecule has 2 rings (SSSR count). The van der Waals surface area contributed by atoms with Gasteiger partial charge in [-0.05, 0) is 18.0 Å². The van der Waals surface area contributed by atoms with Crippen molar-refractivity contribution in [2.75, 3.05) is 5.73 Å². The summed E-state index contributed by atoms with van der Waals surface area (Å²) in [5, 5.41) is 0.282. The van der Waals surface area contributed by atoms with Crippen LogP contribution in [0, 0.1) is 0 Å². The number of imidazole rings is 1. The molecule has 2 aromatic heterocycles. The van der Waals surface area contributed by atoms with Gasteiger partial charge in [0.25, 0.3) is 5.56 Å². The van der Waals surface area contributed by atoms with Gasteiger partial charge in [-0.15, -0.1) is 0 Å². The molecular formula is C11H16ClN5O. The van der Waals surface area contributed by atoms with Crippen molar-refractivity contribution in [1.82, 2.24) is 19.5 Å². The molecule has 0 spiro atoms. The first-order chi connectivity index (χ1) is 8.63. The molecule has 6 nitrogen and oxygen atoms in total. The van der Waals surface area contributed by atoms with E-state index >= 15 is 0 Å². The molecule has 0 amide bonds. The van der Waals surface area contributed by atoms with Crippen LogP contribution in [0.1, 0.15) is 32.6 Å². The second-order valence-corrected chi connectivity index (χ2v) is 4.55. The highest BCUT2D eigenvalue weighted by Crippen LogP contribution is 2.17. The summed E-state index contributed by atoms with van der Waals surface area (Å²) in [5.41, 5.74) is 5.87. The number of rotatable bonds is 5. The molecule has 0 fully saturated rings. The summed E-state index contributed by atoms with van der Waals surface area (Å²) in [5.74, 6) is 0.0823. The van der Waals surface area contributed by atoms with Gasteiger partial charge in [-0.3, -0.25) is 14.3 Å². The SMILES string of the molecule is CCCCCCn1c(Cl)nc2c(=O)[nH]c(N)nc21. The van der Waals surface area contributed by atoms with Crippen LogP contribution in [0.2, 0.25) is 5.28 Å². The molecule has 0 aliphatic rings. The first-order valence-electron chi connectivity index (χ1n) is 6.05. The lowest BCUT2D eigenvalue weighted by atomic mass is 10.2. The number of nitrogens with two attached hydrogens (primary N) is 1. The Balaban J connectivity index is 2.32. The minimum atomic E-state index is -0.355. The highest BCUT2D eigenvalue weighted by atomic mass is 35.5. The Morgan fingerprint density at radius 1 is 1.33 bits per heavy atom. The summed E-state index contributed by atoms with van der Waals surface area (Å²) in [6.07, 6.45) is 4.45. The monoisotopic (exact) mass is 269 g/mol. The topological polar surface area (TPSA) is 89.6 Å². The van der Waals surface area contributed by atoms with Gasteiger partial charge in [0, 0.05) is 6.54 Å². The summed E-state index contributed by atoms with van der Waals surface area (Å²) >= 11 is 6.02. The Morgan fingerprint density at radius 2 is 2.11 bits per heavy atom. The van der Waals surface area contributed by atoms with Crippen LogP contribution in [0.25, 0.3) is 11.2 Å². The molecule has 3 N–H and O–H groups in total. The van der Waals surface area contributed by atoms with Gasteiger partial charge in [0.05, 0.1) is 0 Å². The number of fused-ring (bicyclic) bond motifs is 1. The molecule has 98 valence electrons. The Labute approximate surface area is 109 Å². The van der Waals surface area contributed by atoms with E-state index in [-0.39, 0.29) is 22.3 Å². The van der Waals surface area contributed by atoms with E-state index in [1.807, 2.05) is 0 Å². The highest BCUT2D eigenvalue weighted by molar-refractivity contribution is 6.29. The quantitative estimate of drug-likeness (QED) is 0.641. The normalized spacial score (nSPS) is 11.2. The molecule has 0 aromatic carbocycles. The molecule has 0 atom stereocenters. The Morgan fingerprint density at radius 3 is 2.83 bits per heavy atom. The summed E-state index contributed by atoms with van der Waals surface area (Å²) in [7, 11) is 0. The number of aromatic amines is 1. The summed E-state index contributed by atoms with van der Waals surface area (Å²) in [6, 6.07) is 0. The van der Waals surface area contributed by atoms with Crippen LogP contribution in [0.15, 0.2) is 4.79 Å². The second kappa shape index (κ2) is 5.39. The van der Waals surface area contributed by atoms with Crippen molar-refractivity contribution in [3.05, 3.63) is 15.6 Å². The zero-order valence-corrected chi connectivity index (χ0v) is 11.0. The number of hydrogen-bond acceptors (Lipinski definition) is 4. The van der Waals surface area contributed by atoms with Gasteiger partial charge in [-0.1, -0.05) is 26.2 Å². The van der Waals surface area contributed by atoms with Crippen molar-refractivity contribution >= 4 is 28.7 Å². The fourth-order valence-corrected chi connectivity index (χ4v) is 2.14. The molecule has 18 heavy (non-hydrogen) atoms. The minimum absolute atomic E-state index is 0.0823. The minimum Gasteiger partial charge on any atom is -0.369 e. The van der Waals surface area contributed by atoms with Crippen LogP contribution < -0.4 is 11.3 Å². The molecule has 0 aliphatic carbocycles. The summed E-state index contributed by atoms with van der Waals surface area (Å²) < 4.78 is 1.73. The zero-order valence-electron chi connectivity index (χ0n) is 10.2. The van der Waals surface area contributed by atoms with Gasteiger partial charge in [0.2, 0.25) is 11.2 Å². The first kappa shape index (κ1) is 12.9. The molecule has 2 aromatic rings. The number of anilines is 1. The molecule has 2 heterocycles. The molecule has 0 unspecified atom stereocenters. The van der Waals surface area contributed by atoms with Gasteiger partial charge in [0.15, 0.2) is 11.2 Å². The predicted molar refractivity (Wildman–Crippen MR) is 71.7 cm³/mol. The number of nitrogens with zero attached hydrogens (tertiary/aromatic N) is 3. The number of nitrogens with one attached hydrogen (secondary N) is 1. The zero-order chi connectivity index (χ0) is 13.1. The van der Waals surface area contributed by atoms with Crippen LogP contribution >= 0.6 is 11.6 Å². The van der Waals surface area contributed by atoms with Crippen LogP contribution in [0.3, 0.4) is 0 Å². The lowest BCUT2D eigenvalue weighted by Gasteiger charge is -2.04. The Bertz CT molecular complexity index is 603. The largest absolute Gasteiger partial charge is 0.369 e. The van der Waals surface area contributed by atoms with E-state index in [9.17, 15) is 4.79 Å². The Kier molecular flexibility index (Phi) is 3.86. The van der Waals surface area contributed by atoms with Gasteiger partial charge >= 0.3 is 0 Å². The second-order valence-electron chi connectivity index (χ2n) is 4.22. The average Bonchev–Trinajstić information content (AvgIpc) is 2.62. The number of nitrogen functional groups attached to an aromatic ring is 1. The standard InChI is InChI=1S/C11H16ClN5O/c1-2-3-4-5-6-17-8-7(14-10(17)12)9(18)16-11(13)15-8/h2-6H2,1H3,(H3,13,15,16,18). The Hall–Kier alpha value is -1.56. The predicted octanol–water partition coefficient (Wildman–Crippen LogP) is 1.94. The van der Waals surface area contributed by atoms with Crippen molar-refractivity contribution in [2.24, 2.45) is 0 Å². The smallest absolute Gasteiger partial charge is 0.280 e. The van der Waals surface area contributed by atoms with E-state index < -0.39 is 0 Å². The van der Waals surface area contributed by atoms with E-state index in [1.165, 1.54) is 12.8 Å². The third-order valence-corrected chi connectivity index (χ3v) is 3.10. The number of unbranched alkanes of at least 4 members (excludes halogenated alkanes) is 3. The number of hydrogen-bond donors (Lipinski definition) is 2. The maximum Gasteiger partial charge on any atom is 0.280 e. The van der Waals surface area contributed by atoms with Gasteiger partial charge in [0.1, 0.15) is 0 Å². The third kappa shape index (κ3) is 2.48. The molecule has 0 saturated heterocycles. The molecule has 0 saturated carbocycles. The van der Waals surface area contributed by atoms with Crippen LogP contribution in [0.4, 0.5) is 5.95 Å². The van der Waals surface area contributed by atoms with Crippen molar-refractivity contribution in [1.29, 1.82) is 0 Å². The summed E-state index contributed by atoms with van der Waals surface area (Å²) in [4.78, 5) is 22.2. The third-order valence-electron chi connectivity index (χ3n) is 2.81. The lowest BCUT2D eigenvalue weighted by Crippen LogP contribution is -2.12. The van der Waals surface area contributed by atoms with E-state index in [0.29, 0.717) is 12.2 Å². The van der Waals surface area contributed by atoms with Crippen molar-refractivity contribution in [3.8, 4) is 0 Å². The van der Waals surface area contributed by atoms with Crippen LogP contribution in [0.5, 0.6) is 0 Å². The number of aromatic nitrogens is 4. The van der Waals surface area contributed by atoms with Crippen molar-refractivity contribution < 1.29 is 0 Å². The average molecular weight is 270 g/mol. The fraction of sp³-hybridized carbons (Fsp3) is 0.545. The molecule has 0 bridgehead atoms. The highest BCUT2D eigenvalue weighted by Gasteiger charge is 2.13. The maximum absolute atomic E-state index is 11.6. The van der Waals surface area contributed by atoms with Crippen molar-refractivity contribution in [2.45, 2.75) is 39.2 Å². The first-order valence-corrected chi connectivity index (χ1v) is 6.42. The number of aryl methyl sites for hydroxylation is 1. The fourth-order valence-electron chi connectivity index (χ4n) is 1.90. The lowest BCUT2D eigenvalue weighted by molar-refractivity contribution is 0.589. The van der Waals surface area contributed by atoms with E-state index in [2.05, 4.69) is 21.9 Å². The summed E-state index contributed by atoms with van der Waals surface area (Å²) in [6.45, 7) is 2.85. The number of H-pyrrole nitrogens is 1.